The van der Waals surface area contributed by atoms with E-state index in [0.29, 0.717) is 24.9 Å². The van der Waals surface area contributed by atoms with Gasteiger partial charge in [-0.05, 0) is 37.8 Å². The second kappa shape index (κ2) is 9.12. The Labute approximate surface area is 151 Å². The number of likely N-dealkylation sites (tertiary alicyclic amines) is 1. The normalized spacial score (nSPS) is 19.1. The summed E-state index contributed by atoms with van der Waals surface area (Å²) in [6.45, 7) is 0.456. The van der Waals surface area contributed by atoms with E-state index in [2.05, 4.69) is 10.3 Å². The van der Waals surface area contributed by atoms with E-state index in [1.54, 1.807) is 17.0 Å². The molecule has 1 aliphatic carbocycles. The third-order valence-corrected chi connectivity index (χ3v) is 4.78. The highest BCUT2D eigenvalue weighted by Gasteiger charge is 2.27. The van der Waals surface area contributed by atoms with Crippen LogP contribution in [0.5, 0.6) is 5.88 Å². The van der Waals surface area contributed by atoms with Crippen molar-refractivity contribution in [2.75, 3.05) is 25.0 Å². The van der Waals surface area contributed by atoms with Crippen LogP contribution in [-0.4, -0.2) is 54.2 Å². The SMILES string of the molecule is O=C(Nc1cccnc1OCC(F)F)N1CCC(OC2CCCC2)CC1. The second-order valence-electron chi connectivity index (χ2n) is 6.72. The smallest absolute Gasteiger partial charge is 0.321 e. The molecular weight excluding hydrogens is 344 g/mol. The van der Waals surface area contributed by atoms with Gasteiger partial charge in [0.25, 0.3) is 6.43 Å². The zero-order valence-corrected chi connectivity index (χ0v) is 14.7. The largest absolute Gasteiger partial charge is 0.470 e. The molecule has 1 N–H and O–H groups in total. The summed E-state index contributed by atoms with van der Waals surface area (Å²) in [5.74, 6) is 0.000558. The van der Waals surface area contributed by atoms with E-state index in [-0.39, 0.29) is 18.0 Å². The Kier molecular flexibility index (Phi) is 6.60. The molecule has 1 aromatic heterocycles. The first-order chi connectivity index (χ1) is 12.6. The van der Waals surface area contributed by atoms with Gasteiger partial charge in [-0.2, -0.15) is 0 Å². The van der Waals surface area contributed by atoms with Crippen LogP contribution in [0.1, 0.15) is 38.5 Å². The van der Waals surface area contributed by atoms with E-state index in [1.165, 1.54) is 19.0 Å². The van der Waals surface area contributed by atoms with E-state index < -0.39 is 13.0 Å². The molecule has 0 aromatic carbocycles. The Morgan fingerprint density at radius 3 is 2.62 bits per heavy atom. The molecule has 2 fully saturated rings. The molecule has 2 heterocycles. The van der Waals surface area contributed by atoms with Crippen LogP contribution in [0.3, 0.4) is 0 Å². The lowest BCUT2D eigenvalue weighted by molar-refractivity contribution is -0.0333. The number of pyridine rings is 1. The average Bonchev–Trinajstić information content (AvgIpc) is 3.14. The Balaban J connectivity index is 1.48. The van der Waals surface area contributed by atoms with Crippen LogP contribution in [0.25, 0.3) is 0 Å². The predicted octanol–water partition coefficient (Wildman–Crippen LogP) is 3.68. The van der Waals surface area contributed by atoms with Crippen LogP contribution < -0.4 is 10.1 Å². The number of carbonyl (C=O) groups excluding carboxylic acids is 1. The van der Waals surface area contributed by atoms with Gasteiger partial charge in [0.15, 0.2) is 6.61 Å². The molecule has 0 atom stereocenters. The van der Waals surface area contributed by atoms with E-state index in [4.69, 9.17) is 9.47 Å². The summed E-state index contributed by atoms with van der Waals surface area (Å²) in [6.07, 6.45) is 5.82. The lowest BCUT2D eigenvalue weighted by Gasteiger charge is -2.33. The number of piperidine rings is 1. The van der Waals surface area contributed by atoms with Crippen molar-refractivity contribution in [1.29, 1.82) is 0 Å². The van der Waals surface area contributed by atoms with Crippen molar-refractivity contribution in [2.45, 2.75) is 57.2 Å². The van der Waals surface area contributed by atoms with Gasteiger partial charge >= 0.3 is 6.03 Å². The average molecular weight is 369 g/mol. The number of nitrogens with one attached hydrogen (secondary N) is 1. The van der Waals surface area contributed by atoms with E-state index in [1.807, 2.05) is 0 Å². The molecule has 0 radical (unpaired) electrons. The maximum Gasteiger partial charge on any atom is 0.321 e. The summed E-state index contributed by atoms with van der Waals surface area (Å²) >= 11 is 0. The van der Waals surface area contributed by atoms with E-state index >= 15 is 0 Å². The highest BCUT2D eigenvalue weighted by molar-refractivity contribution is 5.90. The number of carbonyl (C=O) groups is 1. The number of anilines is 1. The highest BCUT2D eigenvalue weighted by atomic mass is 19.3. The second-order valence-corrected chi connectivity index (χ2v) is 6.72. The summed E-state index contributed by atoms with van der Waals surface area (Å²) in [6, 6.07) is 2.92. The molecule has 2 amide bonds. The maximum atomic E-state index is 12.5. The number of urea groups is 1. The molecule has 1 aliphatic heterocycles. The number of rotatable bonds is 6. The third-order valence-electron chi connectivity index (χ3n) is 4.78. The molecule has 1 aromatic rings. The number of ether oxygens (including phenoxy) is 2. The fraction of sp³-hybridized carbons (Fsp3) is 0.667. The van der Waals surface area contributed by atoms with Gasteiger partial charge in [0.1, 0.15) is 5.69 Å². The lowest BCUT2D eigenvalue weighted by atomic mass is 10.1. The summed E-state index contributed by atoms with van der Waals surface area (Å²) in [5.41, 5.74) is 0.294. The Hall–Kier alpha value is -1.96. The van der Waals surface area contributed by atoms with Gasteiger partial charge in [0.2, 0.25) is 5.88 Å². The fourth-order valence-electron chi connectivity index (χ4n) is 3.43. The molecule has 144 valence electrons. The van der Waals surface area contributed by atoms with Crippen LogP contribution in [-0.2, 0) is 4.74 Å². The quantitative estimate of drug-likeness (QED) is 0.831. The van der Waals surface area contributed by atoms with Gasteiger partial charge in [0.05, 0.1) is 12.2 Å². The van der Waals surface area contributed by atoms with Crippen LogP contribution in [0.15, 0.2) is 18.3 Å². The van der Waals surface area contributed by atoms with E-state index in [0.717, 1.165) is 25.7 Å². The zero-order chi connectivity index (χ0) is 18.4. The molecule has 1 saturated heterocycles. The maximum absolute atomic E-state index is 12.5. The number of hydrogen-bond donors (Lipinski definition) is 1. The van der Waals surface area contributed by atoms with Gasteiger partial charge in [-0.15, -0.1) is 0 Å². The van der Waals surface area contributed by atoms with Crippen molar-refractivity contribution in [1.82, 2.24) is 9.88 Å². The number of halogens is 2. The van der Waals surface area contributed by atoms with Crippen molar-refractivity contribution in [3.63, 3.8) is 0 Å². The van der Waals surface area contributed by atoms with Crippen molar-refractivity contribution in [3.8, 4) is 5.88 Å². The van der Waals surface area contributed by atoms with E-state index in [9.17, 15) is 13.6 Å². The van der Waals surface area contributed by atoms with Gasteiger partial charge in [-0.25, -0.2) is 18.6 Å². The first-order valence-electron chi connectivity index (χ1n) is 9.19. The minimum Gasteiger partial charge on any atom is -0.470 e. The monoisotopic (exact) mass is 369 g/mol. The predicted molar refractivity (Wildman–Crippen MR) is 92.7 cm³/mol. The third kappa shape index (κ3) is 5.27. The summed E-state index contributed by atoms with van der Waals surface area (Å²) in [4.78, 5) is 18.1. The van der Waals surface area contributed by atoms with Crippen LogP contribution in [0, 0.1) is 0 Å². The number of hydrogen-bond acceptors (Lipinski definition) is 4. The molecule has 3 rings (SSSR count). The molecule has 0 unspecified atom stereocenters. The number of amides is 2. The fourth-order valence-corrected chi connectivity index (χ4v) is 3.43. The van der Waals surface area contributed by atoms with Crippen LogP contribution >= 0.6 is 0 Å². The van der Waals surface area contributed by atoms with Crippen LogP contribution in [0.4, 0.5) is 19.3 Å². The molecule has 8 heteroatoms. The molecule has 26 heavy (non-hydrogen) atoms. The molecule has 2 aliphatic rings. The molecule has 0 bridgehead atoms. The molecule has 0 spiro atoms. The first kappa shape index (κ1) is 18.8. The van der Waals surface area contributed by atoms with Crippen LogP contribution in [0.2, 0.25) is 0 Å². The summed E-state index contributed by atoms with van der Waals surface area (Å²) in [5, 5.41) is 2.71. The minimum atomic E-state index is -2.60. The van der Waals surface area contributed by atoms with Gasteiger partial charge in [-0.3, -0.25) is 0 Å². The molecular formula is C18H25F2N3O3. The highest BCUT2D eigenvalue weighted by Crippen LogP contribution is 2.26. The molecule has 6 nitrogen and oxygen atoms in total. The van der Waals surface area contributed by atoms with Crippen molar-refractivity contribution < 1.29 is 23.0 Å². The Bertz CT molecular complexity index is 589. The Morgan fingerprint density at radius 1 is 1.23 bits per heavy atom. The standard InChI is InChI=1S/C18H25F2N3O3/c19-16(20)12-25-17-15(6-3-9-21-17)22-18(24)23-10-7-14(8-11-23)26-13-4-1-2-5-13/h3,6,9,13-14,16H,1-2,4-5,7-8,10-12H2,(H,22,24). The zero-order valence-electron chi connectivity index (χ0n) is 14.7. The van der Waals surface area contributed by atoms with Crippen molar-refractivity contribution in [2.24, 2.45) is 0 Å². The van der Waals surface area contributed by atoms with Crippen molar-refractivity contribution in [3.05, 3.63) is 18.3 Å². The van der Waals surface area contributed by atoms with Gasteiger partial charge in [-0.1, -0.05) is 12.8 Å². The number of nitrogens with zero attached hydrogens (tertiary/aromatic N) is 2. The van der Waals surface area contributed by atoms with Crippen molar-refractivity contribution >= 4 is 11.7 Å². The first-order valence-corrected chi connectivity index (χ1v) is 9.19. The summed E-state index contributed by atoms with van der Waals surface area (Å²) in [7, 11) is 0. The number of aromatic nitrogens is 1. The minimum absolute atomic E-state index is 0.000558. The number of alkyl halides is 2. The Morgan fingerprint density at radius 2 is 1.92 bits per heavy atom. The van der Waals surface area contributed by atoms with Gasteiger partial charge in [0, 0.05) is 19.3 Å². The molecule has 1 saturated carbocycles. The lowest BCUT2D eigenvalue weighted by Crippen LogP contribution is -2.43. The summed E-state index contributed by atoms with van der Waals surface area (Å²) < 4.78 is 35.7. The topological polar surface area (TPSA) is 63.7 Å². The van der Waals surface area contributed by atoms with Gasteiger partial charge < -0.3 is 19.7 Å².